The average Bonchev–Trinajstić information content (AvgIpc) is 3.42. The molecule has 32 heavy (non-hydrogen) atoms. The first-order valence-electron chi connectivity index (χ1n) is 9.77. The van der Waals surface area contributed by atoms with Crippen molar-refractivity contribution < 1.29 is 27.6 Å². The Morgan fingerprint density at radius 2 is 2.03 bits per heavy atom. The van der Waals surface area contributed by atoms with Crippen molar-refractivity contribution in [2.45, 2.75) is 31.4 Å². The summed E-state index contributed by atoms with van der Waals surface area (Å²) in [5.41, 5.74) is 2.91. The standard InChI is InChI=1S/C22H15BrF3N3O3/c23-14-6-12(5-13(9-14)22(24,25)26)21-28-20(29-32-21)11-2-4-17-16(7-11)15-3-1-10(8-18(30)31)19(15)27-17/h2,4-7,9-10,27H,1,3,8H2,(H,30,31). The zero-order valence-corrected chi connectivity index (χ0v) is 17.9. The Labute approximate surface area is 187 Å². The van der Waals surface area contributed by atoms with Gasteiger partial charge in [0.05, 0.1) is 12.0 Å². The molecule has 6 nitrogen and oxygen atoms in total. The lowest BCUT2D eigenvalue weighted by atomic mass is 10.0. The predicted octanol–water partition coefficient (Wildman–Crippen LogP) is 6.17. The topological polar surface area (TPSA) is 92.0 Å². The maximum absolute atomic E-state index is 13.1. The molecular weight excluding hydrogens is 491 g/mol. The zero-order valence-electron chi connectivity index (χ0n) is 16.3. The third-order valence-electron chi connectivity index (χ3n) is 5.67. The number of carbonyl (C=O) groups is 1. The van der Waals surface area contributed by atoms with E-state index in [1.54, 1.807) is 6.07 Å². The number of carboxylic acid groups (broad SMARTS) is 1. The minimum atomic E-state index is -4.50. The van der Waals surface area contributed by atoms with Gasteiger partial charge in [-0.05, 0) is 54.8 Å². The fourth-order valence-electron chi connectivity index (χ4n) is 4.24. The number of nitrogens with one attached hydrogen (secondary N) is 1. The first-order chi connectivity index (χ1) is 15.2. The van der Waals surface area contributed by atoms with Crippen LogP contribution in [0.2, 0.25) is 0 Å². The Hall–Kier alpha value is -3.14. The van der Waals surface area contributed by atoms with Gasteiger partial charge >= 0.3 is 12.1 Å². The summed E-state index contributed by atoms with van der Waals surface area (Å²) in [5.74, 6) is -0.643. The Bertz CT molecular complexity index is 1360. The van der Waals surface area contributed by atoms with E-state index in [1.807, 2.05) is 12.1 Å². The van der Waals surface area contributed by atoms with Crippen molar-refractivity contribution in [3.05, 3.63) is 57.7 Å². The van der Waals surface area contributed by atoms with E-state index in [2.05, 4.69) is 31.1 Å². The van der Waals surface area contributed by atoms with Crippen molar-refractivity contribution in [1.82, 2.24) is 15.1 Å². The number of alkyl halides is 3. The molecule has 0 amide bonds. The summed E-state index contributed by atoms with van der Waals surface area (Å²) in [6.07, 6.45) is -2.89. The van der Waals surface area contributed by atoms with E-state index in [9.17, 15) is 18.0 Å². The molecular formula is C22H15BrF3N3O3. The minimum absolute atomic E-state index is 0.0206. The van der Waals surface area contributed by atoms with E-state index in [0.717, 1.165) is 47.1 Å². The second-order valence-electron chi connectivity index (χ2n) is 7.76. The highest BCUT2D eigenvalue weighted by atomic mass is 79.9. The van der Waals surface area contributed by atoms with E-state index in [1.165, 1.54) is 6.07 Å². The van der Waals surface area contributed by atoms with Crippen molar-refractivity contribution in [3.63, 3.8) is 0 Å². The molecule has 2 aromatic heterocycles. The molecule has 2 aromatic carbocycles. The van der Waals surface area contributed by atoms with Crippen LogP contribution in [0.1, 0.15) is 35.6 Å². The van der Waals surface area contributed by atoms with Gasteiger partial charge in [-0.2, -0.15) is 18.2 Å². The van der Waals surface area contributed by atoms with Crippen molar-refractivity contribution >= 4 is 32.8 Å². The lowest BCUT2D eigenvalue weighted by Gasteiger charge is -2.08. The van der Waals surface area contributed by atoms with Crippen LogP contribution < -0.4 is 0 Å². The van der Waals surface area contributed by atoms with Crippen molar-refractivity contribution in [1.29, 1.82) is 0 Å². The molecule has 0 spiro atoms. The number of carboxylic acids is 1. The highest BCUT2D eigenvalue weighted by Gasteiger charge is 2.32. The van der Waals surface area contributed by atoms with Gasteiger partial charge in [-0.1, -0.05) is 21.1 Å². The number of aryl methyl sites for hydroxylation is 1. The van der Waals surface area contributed by atoms with Crippen LogP contribution in [0.5, 0.6) is 0 Å². The molecule has 4 aromatic rings. The highest BCUT2D eigenvalue weighted by molar-refractivity contribution is 9.10. The van der Waals surface area contributed by atoms with Gasteiger partial charge in [0.2, 0.25) is 5.82 Å². The van der Waals surface area contributed by atoms with E-state index in [4.69, 9.17) is 9.63 Å². The van der Waals surface area contributed by atoms with E-state index in [-0.39, 0.29) is 34.1 Å². The third-order valence-corrected chi connectivity index (χ3v) is 6.13. The fourth-order valence-corrected chi connectivity index (χ4v) is 4.73. The van der Waals surface area contributed by atoms with Crippen molar-refractivity contribution in [2.24, 2.45) is 0 Å². The van der Waals surface area contributed by atoms with Gasteiger partial charge in [-0.15, -0.1) is 0 Å². The number of hydrogen-bond donors (Lipinski definition) is 2. The summed E-state index contributed by atoms with van der Waals surface area (Å²) in [6, 6.07) is 8.97. The van der Waals surface area contributed by atoms with E-state index in [0.29, 0.717) is 5.56 Å². The molecule has 0 fully saturated rings. The highest BCUT2D eigenvalue weighted by Crippen LogP contribution is 2.40. The number of aromatic nitrogens is 3. The number of halogens is 4. The normalized spacial score (nSPS) is 15.9. The van der Waals surface area contributed by atoms with Crippen LogP contribution >= 0.6 is 15.9 Å². The minimum Gasteiger partial charge on any atom is -0.481 e. The van der Waals surface area contributed by atoms with Gasteiger partial charge in [-0.25, -0.2) is 0 Å². The summed E-state index contributed by atoms with van der Waals surface area (Å²) in [7, 11) is 0. The lowest BCUT2D eigenvalue weighted by Crippen LogP contribution is -2.04. The van der Waals surface area contributed by atoms with Gasteiger partial charge in [0, 0.05) is 38.1 Å². The number of H-pyrrole nitrogens is 1. The molecule has 1 atom stereocenters. The van der Waals surface area contributed by atoms with Crippen LogP contribution in [0.4, 0.5) is 13.2 Å². The monoisotopic (exact) mass is 505 g/mol. The SMILES string of the molecule is O=C(O)CC1CCc2c1[nH]c1ccc(-c3noc(-c4cc(Br)cc(C(F)(F)F)c4)n3)cc21. The lowest BCUT2D eigenvalue weighted by molar-refractivity contribution is -0.138. The number of benzene rings is 2. The molecule has 10 heteroatoms. The maximum Gasteiger partial charge on any atom is 0.416 e. The van der Waals surface area contributed by atoms with Gasteiger partial charge < -0.3 is 14.6 Å². The molecule has 5 rings (SSSR count). The van der Waals surface area contributed by atoms with E-state index < -0.39 is 17.7 Å². The Morgan fingerprint density at radius 3 is 2.78 bits per heavy atom. The fraction of sp³-hybridized carbons (Fsp3) is 0.227. The number of aromatic amines is 1. The second-order valence-corrected chi connectivity index (χ2v) is 8.68. The number of aliphatic carboxylic acids is 1. The summed E-state index contributed by atoms with van der Waals surface area (Å²) in [5, 5.41) is 14.0. The third kappa shape index (κ3) is 3.68. The molecule has 1 aliphatic rings. The molecule has 0 saturated carbocycles. The Kier molecular flexibility index (Phi) is 4.85. The van der Waals surface area contributed by atoms with Gasteiger partial charge in [-0.3, -0.25) is 4.79 Å². The van der Waals surface area contributed by atoms with Crippen molar-refractivity contribution in [2.75, 3.05) is 0 Å². The largest absolute Gasteiger partial charge is 0.481 e. The predicted molar refractivity (Wildman–Crippen MR) is 113 cm³/mol. The summed E-state index contributed by atoms with van der Waals surface area (Å²) in [6.45, 7) is 0. The maximum atomic E-state index is 13.1. The van der Waals surface area contributed by atoms with Crippen LogP contribution in [0, 0.1) is 0 Å². The van der Waals surface area contributed by atoms with Gasteiger partial charge in [0.25, 0.3) is 5.89 Å². The average molecular weight is 506 g/mol. The molecule has 164 valence electrons. The summed E-state index contributed by atoms with van der Waals surface area (Å²) in [4.78, 5) is 18.8. The number of rotatable bonds is 4. The molecule has 0 bridgehead atoms. The first kappa shape index (κ1) is 20.7. The number of fused-ring (bicyclic) bond motifs is 3. The molecule has 2 heterocycles. The molecule has 0 saturated heterocycles. The Balaban J connectivity index is 1.50. The number of nitrogens with zero attached hydrogens (tertiary/aromatic N) is 2. The second kappa shape index (κ2) is 7.47. The smallest absolute Gasteiger partial charge is 0.416 e. The van der Waals surface area contributed by atoms with Crippen LogP contribution in [0.25, 0.3) is 33.7 Å². The van der Waals surface area contributed by atoms with Crippen molar-refractivity contribution in [3.8, 4) is 22.8 Å². The quantitative estimate of drug-likeness (QED) is 0.346. The van der Waals surface area contributed by atoms with E-state index >= 15 is 0 Å². The molecule has 2 N–H and O–H groups in total. The molecule has 0 aliphatic heterocycles. The molecule has 0 radical (unpaired) electrons. The molecule has 1 unspecified atom stereocenters. The van der Waals surface area contributed by atoms with Crippen LogP contribution in [-0.4, -0.2) is 26.2 Å². The van der Waals surface area contributed by atoms with Crippen LogP contribution in [-0.2, 0) is 17.4 Å². The van der Waals surface area contributed by atoms with Crippen LogP contribution in [0.3, 0.4) is 0 Å². The molecule has 1 aliphatic carbocycles. The summed E-state index contributed by atoms with van der Waals surface area (Å²) >= 11 is 3.10. The number of hydrogen-bond acceptors (Lipinski definition) is 4. The van der Waals surface area contributed by atoms with Gasteiger partial charge in [0.1, 0.15) is 0 Å². The Morgan fingerprint density at radius 1 is 1.22 bits per heavy atom. The summed E-state index contributed by atoms with van der Waals surface area (Å²) < 4.78 is 44.9. The van der Waals surface area contributed by atoms with Crippen LogP contribution in [0.15, 0.2) is 45.4 Å². The zero-order chi connectivity index (χ0) is 22.6. The van der Waals surface area contributed by atoms with Gasteiger partial charge in [0.15, 0.2) is 0 Å². The first-order valence-corrected chi connectivity index (χ1v) is 10.6.